The van der Waals surface area contributed by atoms with Crippen molar-refractivity contribution in [3.05, 3.63) is 71.3 Å². The van der Waals surface area contributed by atoms with Crippen LogP contribution in [0.5, 0.6) is 0 Å². The fourth-order valence-electron chi connectivity index (χ4n) is 5.82. The van der Waals surface area contributed by atoms with Crippen LogP contribution in [0.1, 0.15) is 48.4 Å². The van der Waals surface area contributed by atoms with Gasteiger partial charge in [-0.05, 0) is 55.2 Å². The van der Waals surface area contributed by atoms with Gasteiger partial charge in [-0.3, -0.25) is 19.7 Å². The van der Waals surface area contributed by atoms with Crippen LogP contribution in [0.3, 0.4) is 0 Å². The third-order valence-corrected chi connectivity index (χ3v) is 8.94. The third-order valence-electron chi connectivity index (χ3n) is 7.89. The van der Waals surface area contributed by atoms with Gasteiger partial charge < -0.3 is 19.6 Å². The van der Waals surface area contributed by atoms with Gasteiger partial charge in [0.2, 0.25) is 5.91 Å². The van der Waals surface area contributed by atoms with E-state index >= 15 is 0 Å². The van der Waals surface area contributed by atoms with Gasteiger partial charge in [-0.1, -0.05) is 66.4 Å². The van der Waals surface area contributed by atoms with Crippen LogP contribution in [0.4, 0.5) is 0 Å². The minimum absolute atomic E-state index is 0.0819. The van der Waals surface area contributed by atoms with Crippen LogP contribution < -0.4 is 5.32 Å². The molecule has 0 unspecified atom stereocenters. The smallest absolute Gasteiger partial charge is 0.328 e. The van der Waals surface area contributed by atoms with E-state index in [1.165, 1.54) is 4.90 Å². The molecule has 212 valence electrons. The molecular weight excluding hydrogens is 530 g/mol. The maximum Gasteiger partial charge on any atom is 0.328 e. The average molecular weight is 566 g/mol. The monoisotopic (exact) mass is 565 g/mol. The quantitative estimate of drug-likeness (QED) is 0.389. The molecule has 9 nitrogen and oxygen atoms in total. The van der Waals surface area contributed by atoms with Gasteiger partial charge in [0.1, 0.15) is 0 Å². The first kappa shape index (κ1) is 28.3. The van der Waals surface area contributed by atoms with E-state index in [2.05, 4.69) is 5.32 Å². The Kier molecular flexibility index (Phi) is 9.18. The number of aryl methyl sites for hydroxylation is 1. The van der Waals surface area contributed by atoms with Gasteiger partial charge in [-0.15, -0.1) is 0 Å². The van der Waals surface area contributed by atoms with Crippen molar-refractivity contribution in [2.45, 2.75) is 62.0 Å². The highest BCUT2D eigenvalue weighted by Crippen LogP contribution is 2.35. The number of nitrogens with zero attached hydrogens (tertiary/aromatic N) is 2. The van der Waals surface area contributed by atoms with E-state index < -0.39 is 40.5 Å². The summed E-state index contributed by atoms with van der Waals surface area (Å²) in [4.78, 5) is 55.4. The number of rotatable bonds is 7. The Morgan fingerprint density at radius 2 is 1.73 bits per heavy atom. The molecule has 5 rings (SSSR count). The Labute approximate surface area is 238 Å². The summed E-state index contributed by atoms with van der Waals surface area (Å²) in [6.45, 7) is 1.30. The summed E-state index contributed by atoms with van der Waals surface area (Å²) >= 11 is 0.933. The van der Waals surface area contributed by atoms with Crippen LogP contribution in [-0.4, -0.2) is 81.6 Å². The van der Waals surface area contributed by atoms with E-state index in [9.17, 15) is 24.3 Å². The van der Waals surface area contributed by atoms with Crippen LogP contribution in [-0.2, 0) is 36.8 Å². The predicted octanol–water partition coefficient (Wildman–Crippen LogP) is 2.79. The molecule has 2 aromatic rings. The van der Waals surface area contributed by atoms with Crippen molar-refractivity contribution in [3.63, 3.8) is 0 Å². The molecule has 3 aliphatic rings. The summed E-state index contributed by atoms with van der Waals surface area (Å²) in [7, 11) is 0. The van der Waals surface area contributed by atoms with Crippen LogP contribution in [0, 0.1) is 0 Å². The highest BCUT2D eigenvalue weighted by molar-refractivity contribution is 8.15. The number of carboxylic acids is 1. The molecule has 0 aromatic heterocycles. The first-order valence-corrected chi connectivity index (χ1v) is 14.8. The van der Waals surface area contributed by atoms with E-state index in [0.717, 1.165) is 47.7 Å². The molecule has 0 saturated carbocycles. The molecule has 2 aromatic carbocycles. The molecule has 2 N–H and O–H groups in total. The van der Waals surface area contributed by atoms with E-state index in [-0.39, 0.29) is 19.1 Å². The van der Waals surface area contributed by atoms with Crippen molar-refractivity contribution in [1.29, 1.82) is 0 Å². The number of fused-ring (bicyclic) bond motifs is 3. The summed E-state index contributed by atoms with van der Waals surface area (Å²) in [6.07, 6.45) is 4.32. The lowest BCUT2D eigenvalue weighted by Gasteiger charge is -2.40. The van der Waals surface area contributed by atoms with Crippen LogP contribution in [0.15, 0.2) is 54.6 Å². The molecule has 0 spiro atoms. The molecule has 3 aliphatic heterocycles. The second kappa shape index (κ2) is 13.0. The van der Waals surface area contributed by atoms with Gasteiger partial charge >= 0.3 is 11.9 Å². The molecule has 4 atom stereocenters. The Bertz CT molecular complexity index is 1230. The highest BCUT2D eigenvalue weighted by atomic mass is 32.2. The normalized spacial score (nSPS) is 23.5. The Morgan fingerprint density at radius 3 is 2.48 bits per heavy atom. The second-order valence-electron chi connectivity index (χ2n) is 10.5. The average Bonchev–Trinajstić information content (AvgIpc) is 3.10. The highest BCUT2D eigenvalue weighted by Gasteiger charge is 2.45. The number of ether oxygens (including phenoxy) is 1. The van der Waals surface area contributed by atoms with Gasteiger partial charge in [-0.25, -0.2) is 4.79 Å². The number of likely N-dealkylation sites (tertiary alicyclic amines) is 1. The lowest BCUT2D eigenvalue weighted by molar-refractivity contribution is -0.164. The first-order chi connectivity index (χ1) is 19.4. The number of nitrogens with one attached hydrogen (secondary N) is 1. The molecule has 3 heterocycles. The van der Waals surface area contributed by atoms with Gasteiger partial charge in [0.15, 0.2) is 6.04 Å². The van der Waals surface area contributed by atoms with E-state index in [4.69, 9.17) is 4.74 Å². The Balaban J connectivity index is 1.40. The van der Waals surface area contributed by atoms with Crippen molar-refractivity contribution in [2.24, 2.45) is 0 Å². The number of carbonyl (C=O) groups excluding carboxylic acids is 3. The second-order valence-corrected chi connectivity index (χ2v) is 11.7. The summed E-state index contributed by atoms with van der Waals surface area (Å²) in [5, 5.41) is 12.3. The molecule has 2 saturated heterocycles. The molecular formula is C30H35N3O6S. The SMILES string of the molecule is O=C(S[C@H](CCc1ccccc1)N[C@@H]1Cc2ccccc2[C@@H]2COC[C@H](C(=O)O)N2C1=O)C(=O)N1CCCCC1. The minimum atomic E-state index is -1.12. The number of benzene rings is 2. The van der Waals surface area contributed by atoms with Gasteiger partial charge in [0, 0.05) is 13.1 Å². The zero-order chi connectivity index (χ0) is 28.1. The molecule has 2 fully saturated rings. The van der Waals surface area contributed by atoms with Crippen molar-refractivity contribution >= 4 is 34.7 Å². The maximum atomic E-state index is 14.0. The standard InChI is InChI=1S/C30H35N3O6S/c34-27-23(17-21-11-5-6-12-22(21)24-18-39-19-25(29(36)37)33(24)27)31-26(14-13-20-9-3-1-4-10-20)40-30(38)28(35)32-15-7-2-8-16-32/h1,3-6,9-12,23-26,31H,2,7-8,13-19H2,(H,36,37)/t23-,24+,25-,26-/m1/s1. The lowest BCUT2D eigenvalue weighted by Crippen LogP contribution is -2.58. The fourth-order valence-corrected chi connectivity index (χ4v) is 6.77. The molecule has 0 aliphatic carbocycles. The van der Waals surface area contributed by atoms with Gasteiger partial charge in [0.05, 0.1) is 30.7 Å². The van der Waals surface area contributed by atoms with E-state index in [1.807, 2.05) is 54.6 Å². The Hall–Kier alpha value is -3.21. The fraction of sp³-hybridized carbons (Fsp3) is 0.467. The number of carboxylic acid groups (broad SMARTS) is 1. The van der Waals surface area contributed by atoms with Crippen LogP contribution >= 0.6 is 11.8 Å². The topological polar surface area (TPSA) is 116 Å². The van der Waals surface area contributed by atoms with Crippen molar-refractivity contribution in [2.75, 3.05) is 26.3 Å². The number of piperidine rings is 1. The van der Waals surface area contributed by atoms with Gasteiger partial charge in [0.25, 0.3) is 5.12 Å². The Morgan fingerprint density at radius 1 is 1.00 bits per heavy atom. The maximum absolute atomic E-state index is 14.0. The van der Waals surface area contributed by atoms with Crippen LogP contribution in [0.2, 0.25) is 0 Å². The number of carbonyl (C=O) groups is 4. The zero-order valence-electron chi connectivity index (χ0n) is 22.4. The van der Waals surface area contributed by atoms with E-state index in [1.54, 1.807) is 4.90 Å². The molecule has 0 radical (unpaired) electrons. The van der Waals surface area contributed by atoms with Gasteiger partial charge in [-0.2, -0.15) is 0 Å². The zero-order valence-corrected chi connectivity index (χ0v) is 23.2. The largest absolute Gasteiger partial charge is 0.480 e. The predicted molar refractivity (Wildman–Crippen MR) is 150 cm³/mol. The summed E-state index contributed by atoms with van der Waals surface area (Å²) in [6, 6.07) is 15.1. The summed E-state index contributed by atoms with van der Waals surface area (Å²) < 4.78 is 5.63. The third kappa shape index (κ3) is 6.40. The van der Waals surface area contributed by atoms with Crippen molar-refractivity contribution in [3.8, 4) is 0 Å². The minimum Gasteiger partial charge on any atom is -0.480 e. The number of thioether (sulfide) groups is 1. The van der Waals surface area contributed by atoms with Crippen molar-refractivity contribution in [1.82, 2.24) is 15.1 Å². The van der Waals surface area contributed by atoms with Crippen LogP contribution in [0.25, 0.3) is 0 Å². The molecule has 40 heavy (non-hydrogen) atoms. The lowest BCUT2D eigenvalue weighted by atomic mass is 9.97. The number of hydrogen-bond donors (Lipinski definition) is 2. The number of hydrogen-bond acceptors (Lipinski definition) is 7. The van der Waals surface area contributed by atoms with Crippen molar-refractivity contribution < 1.29 is 29.0 Å². The summed E-state index contributed by atoms with van der Waals surface area (Å²) in [5.74, 6) is -1.95. The first-order valence-electron chi connectivity index (χ1n) is 13.9. The summed E-state index contributed by atoms with van der Waals surface area (Å²) in [5.41, 5.74) is 2.88. The molecule has 2 amide bonds. The number of amides is 2. The number of morpholine rings is 1. The molecule has 10 heteroatoms. The number of aliphatic carboxylic acids is 1. The molecule has 0 bridgehead atoms. The van der Waals surface area contributed by atoms with E-state index in [0.29, 0.717) is 32.4 Å².